The van der Waals surface area contributed by atoms with E-state index in [4.69, 9.17) is 4.74 Å². The van der Waals surface area contributed by atoms with Crippen molar-refractivity contribution in [2.45, 2.75) is 19.3 Å². The first-order valence-electron chi connectivity index (χ1n) is 14.3. The fraction of sp³-hybridized carbons (Fsp3) is 0.100. The number of hydrogen-bond donors (Lipinski definition) is 0. The van der Waals surface area contributed by atoms with E-state index in [0.29, 0.717) is 0 Å². The van der Waals surface area contributed by atoms with Gasteiger partial charge in [-0.25, -0.2) is 0 Å². The zero-order valence-electron chi connectivity index (χ0n) is 23.5. The van der Waals surface area contributed by atoms with Crippen molar-refractivity contribution in [2.75, 3.05) is 7.11 Å². The molecule has 0 aliphatic heterocycles. The molecule has 1 aliphatic carbocycles. The first-order valence-corrected chi connectivity index (χ1v) is 14.3. The summed E-state index contributed by atoms with van der Waals surface area (Å²) in [5.41, 5.74) is 10.6. The van der Waals surface area contributed by atoms with Crippen molar-refractivity contribution in [1.82, 2.24) is 0 Å². The van der Waals surface area contributed by atoms with E-state index in [9.17, 15) is 0 Å². The molecule has 0 N–H and O–H groups in total. The van der Waals surface area contributed by atoms with Gasteiger partial charge in [-0.15, -0.1) is 0 Å². The van der Waals surface area contributed by atoms with E-state index < -0.39 is 0 Å². The van der Waals surface area contributed by atoms with E-state index in [2.05, 4.69) is 135 Å². The van der Waals surface area contributed by atoms with Crippen molar-refractivity contribution in [3.05, 3.63) is 139 Å². The molecule has 1 nitrogen and oxygen atoms in total. The zero-order chi connectivity index (χ0) is 27.7. The molecule has 0 fully saturated rings. The minimum Gasteiger partial charge on any atom is -0.497 e. The molecule has 0 aromatic heterocycles. The predicted molar refractivity (Wildman–Crippen MR) is 174 cm³/mol. The lowest BCUT2D eigenvalue weighted by Gasteiger charge is -2.23. The van der Waals surface area contributed by atoms with Gasteiger partial charge in [-0.3, -0.25) is 0 Å². The molecule has 1 heteroatoms. The highest BCUT2D eigenvalue weighted by Crippen LogP contribution is 2.51. The molecular weight excluding hydrogens is 496 g/mol. The molecule has 7 aromatic carbocycles. The maximum Gasteiger partial charge on any atom is 0.119 e. The van der Waals surface area contributed by atoms with Gasteiger partial charge in [0.2, 0.25) is 0 Å². The molecule has 0 atom stereocenters. The molecule has 0 saturated heterocycles. The number of fused-ring (bicyclic) bond motifs is 6. The van der Waals surface area contributed by atoms with Gasteiger partial charge in [0.05, 0.1) is 7.11 Å². The number of methoxy groups -OCH3 is 1. The van der Waals surface area contributed by atoms with Gasteiger partial charge in [-0.05, 0) is 101 Å². The van der Waals surface area contributed by atoms with Crippen LogP contribution in [0, 0.1) is 0 Å². The van der Waals surface area contributed by atoms with Crippen molar-refractivity contribution in [3.8, 4) is 39.1 Å². The second-order valence-electron chi connectivity index (χ2n) is 11.7. The summed E-state index contributed by atoms with van der Waals surface area (Å²) in [5.74, 6) is 0.881. The Hall–Kier alpha value is -4.88. The van der Waals surface area contributed by atoms with Gasteiger partial charge >= 0.3 is 0 Å². The minimum atomic E-state index is -0.0404. The minimum absolute atomic E-state index is 0.0404. The van der Waals surface area contributed by atoms with Crippen molar-refractivity contribution >= 4 is 32.3 Å². The average molecular weight is 527 g/mol. The molecule has 0 unspecified atom stereocenters. The zero-order valence-corrected chi connectivity index (χ0v) is 23.5. The Kier molecular flexibility index (Phi) is 5.15. The van der Waals surface area contributed by atoms with Gasteiger partial charge in [-0.2, -0.15) is 0 Å². The van der Waals surface area contributed by atoms with E-state index in [1.165, 1.54) is 76.8 Å². The van der Waals surface area contributed by atoms with E-state index in [-0.39, 0.29) is 5.41 Å². The number of benzene rings is 7. The van der Waals surface area contributed by atoms with Gasteiger partial charge < -0.3 is 4.74 Å². The van der Waals surface area contributed by atoms with E-state index in [1.54, 1.807) is 7.11 Å². The van der Waals surface area contributed by atoms with Gasteiger partial charge in [-0.1, -0.05) is 117 Å². The molecule has 41 heavy (non-hydrogen) atoms. The molecule has 1 aliphatic rings. The summed E-state index contributed by atoms with van der Waals surface area (Å²) >= 11 is 0. The number of hydrogen-bond acceptors (Lipinski definition) is 1. The van der Waals surface area contributed by atoms with Crippen LogP contribution in [0.4, 0.5) is 0 Å². The molecule has 0 amide bonds. The first-order chi connectivity index (χ1) is 20.0. The SMILES string of the molecule is COc1ccc2cc(-c3c4ccccc4c(-c4ccc5c(c4)C(C)(C)c4ccccc4-5)c4ccccc34)ccc2c1. The highest BCUT2D eigenvalue weighted by Gasteiger charge is 2.35. The molecule has 7 aromatic rings. The summed E-state index contributed by atoms with van der Waals surface area (Å²) in [6, 6.07) is 46.9. The largest absolute Gasteiger partial charge is 0.497 e. The van der Waals surface area contributed by atoms with Gasteiger partial charge in [0, 0.05) is 5.41 Å². The maximum absolute atomic E-state index is 5.47. The summed E-state index contributed by atoms with van der Waals surface area (Å²) in [7, 11) is 1.72. The van der Waals surface area contributed by atoms with Crippen LogP contribution >= 0.6 is 0 Å². The summed E-state index contributed by atoms with van der Waals surface area (Å²) in [5, 5.41) is 7.50. The highest BCUT2D eigenvalue weighted by molar-refractivity contribution is 6.21. The third-order valence-electron chi connectivity index (χ3n) is 9.14. The Morgan fingerprint density at radius 3 is 1.63 bits per heavy atom. The molecule has 8 rings (SSSR count). The molecule has 196 valence electrons. The fourth-order valence-electron chi connectivity index (χ4n) is 7.12. The standard InChI is InChI=1S/C40H30O/c1-40(2)36-15-9-8-10-30(36)31-21-19-28(24-37(31)40)39-34-13-6-4-11-32(34)38(33-12-5-7-14-35(33)39)27-17-16-26-23-29(41-3)20-18-25(26)22-27/h4-24H,1-3H3. The average Bonchev–Trinajstić information content (AvgIpc) is 3.25. The van der Waals surface area contributed by atoms with E-state index >= 15 is 0 Å². The summed E-state index contributed by atoms with van der Waals surface area (Å²) in [6.45, 7) is 4.71. The molecule has 0 bridgehead atoms. The van der Waals surface area contributed by atoms with Gasteiger partial charge in [0.1, 0.15) is 5.75 Å². The van der Waals surface area contributed by atoms with Crippen molar-refractivity contribution in [3.63, 3.8) is 0 Å². The van der Waals surface area contributed by atoms with Crippen molar-refractivity contribution < 1.29 is 4.74 Å². The van der Waals surface area contributed by atoms with Crippen LogP contribution in [0.3, 0.4) is 0 Å². The summed E-state index contributed by atoms with van der Waals surface area (Å²) in [4.78, 5) is 0. The second-order valence-corrected chi connectivity index (χ2v) is 11.7. The Labute approximate surface area is 240 Å². The molecule has 0 radical (unpaired) electrons. The third kappa shape index (κ3) is 3.49. The molecule has 0 spiro atoms. The van der Waals surface area contributed by atoms with E-state index in [1.807, 2.05) is 6.07 Å². The normalized spacial score (nSPS) is 13.4. The smallest absolute Gasteiger partial charge is 0.119 e. The number of rotatable bonds is 3. The quantitative estimate of drug-likeness (QED) is 0.208. The van der Waals surface area contributed by atoms with Crippen LogP contribution < -0.4 is 4.74 Å². The van der Waals surface area contributed by atoms with Crippen LogP contribution in [0.15, 0.2) is 127 Å². The lowest BCUT2D eigenvalue weighted by Crippen LogP contribution is -2.14. The highest BCUT2D eigenvalue weighted by atomic mass is 16.5. The van der Waals surface area contributed by atoms with Crippen LogP contribution in [0.2, 0.25) is 0 Å². The monoisotopic (exact) mass is 526 g/mol. The Morgan fingerprint density at radius 2 is 0.976 bits per heavy atom. The maximum atomic E-state index is 5.47. The molecule has 0 heterocycles. The third-order valence-corrected chi connectivity index (χ3v) is 9.14. The topological polar surface area (TPSA) is 9.23 Å². The second kappa shape index (κ2) is 8.81. The lowest BCUT2D eigenvalue weighted by molar-refractivity contribution is 0.415. The van der Waals surface area contributed by atoms with Crippen molar-refractivity contribution in [2.24, 2.45) is 0 Å². The number of ether oxygens (including phenoxy) is 1. The summed E-state index contributed by atoms with van der Waals surface area (Å²) in [6.07, 6.45) is 0. The van der Waals surface area contributed by atoms with E-state index in [0.717, 1.165) is 5.75 Å². The van der Waals surface area contributed by atoms with Crippen LogP contribution in [-0.4, -0.2) is 7.11 Å². The fourth-order valence-corrected chi connectivity index (χ4v) is 7.12. The molecular formula is C40H30O. The Morgan fingerprint density at radius 1 is 0.463 bits per heavy atom. The summed E-state index contributed by atoms with van der Waals surface area (Å²) < 4.78 is 5.47. The first kappa shape index (κ1) is 24.0. The Bertz CT molecular complexity index is 2110. The lowest BCUT2D eigenvalue weighted by atomic mass is 9.80. The van der Waals surface area contributed by atoms with Crippen molar-refractivity contribution in [1.29, 1.82) is 0 Å². The van der Waals surface area contributed by atoms with Crippen LogP contribution in [-0.2, 0) is 5.41 Å². The molecule has 0 saturated carbocycles. The van der Waals surface area contributed by atoms with Crippen LogP contribution in [0.5, 0.6) is 5.75 Å². The van der Waals surface area contributed by atoms with Crippen LogP contribution in [0.1, 0.15) is 25.0 Å². The van der Waals surface area contributed by atoms with Gasteiger partial charge in [0.15, 0.2) is 0 Å². The Balaban J connectivity index is 1.41. The predicted octanol–water partition coefficient (Wildman–Crippen LogP) is 10.8. The van der Waals surface area contributed by atoms with Gasteiger partial charge in [0.25, 0.3) is 0 Å². The van der Waals surface area contributed by atoms with Crippen LogP contribution in [0.25, 0.3) is 65.7 Å².